The highest BCUT2D eigenvalue weighted by Gasteiger charge is 2.22. The zero-order valence-electron chi connectivity index (χ0n) is 6.92. The van der Waals surface area contributed by atoms with Gasteiger partial charge >= 0.3 is 0 Å². The Kier molecular flexibility index (Phi) is 2.45. The van der Waals surface area contributed by atoms with E-state index in [1.54, 1.807) is 0 Å². The first kappa shape index (κ1) is 9.83. The van der Waals surface area contributed by atoms with Gasteiger partial charge in [-0.15, -0.1) is 0 Å². The quantitative estimate of drug-likeness (QED) is 0.624. The molecule has 1 rings (SSSR count). The molecule has 0 amide bonds. The molecule has 0 saturated carbocycles. The zero-order valence-corrected chi connectivity index (χ0v) is 6.92. The Bertz CT molecular complexity index is 319. The standard InChI is InChI=1S/C8H6F4O/c1-3-5(9)4(2)7(11)8(13-12)6(3)10/h1-2H3. The smallest absolute Gasteiger partial charge is 0.243 e. The molecule has 0 heterocycles. The van der Waals surface area contributed by atoms with E-state index in [4.69, 9.17) is 0 Å². The fraction of sp³-hybridized carbons (Fsp3) is 0.250. The van der Waals surface area contributed by atoms with E-state index in [0.29, 0.717) is 0 Å². The molecule has 72 valence electrons. The van der Waals surface area contributed by atoms with Gasteiger partial charge < -0.3 is 0 Å². The molecule has 0 bridgehead atoms. The summed E-state index contributed by atoms with van der Waals surface area (Å²) in [5, 5.41) is 0. The molecule has 13 heavy (non-hydrogen) atoms. The normalized spacial score (nSPS) is 10.3. The minimum Gasteiger partial charge on any atom is -0.288 e. The fourth-order valence-corrected chi connectivity index (χ4v) is 0.979. The van der Waals surface area contributed by atoms with Gasteiger partial charge in [-0.1, -0.05) is 0 Å². The third kappa shape index (κ3) is 1.34. The van der Waals surface area contributed by atoms with Crippen molar-refractivity contribution in [3.8, 4) is 5.75 Å². The van der Waals surface area contributed by atoms with Gasteiger partial charge in [0.2, 0.25) is 5.75 Å². The monoisotopic (exact) mass is 194 g/mol. The summed E-state index contributed by atoms with van der Waals surface area (Å²) < 4.78 is 50.3. The molecule has 0 fully saturated rings. The van der Waals surface area contributed by atoms with Crippen LogP contribution in [0.3, 0.4) is 0 Å². The third-order valence-corrected chi connectivity index (χ3v) is 1.79. The summed E-state index contributed by atoms with van der Waals surface area (Å²) >= 11 is 0. The lowest BCUT2D eigenvalue weighted by atomic mass is 10.1. The van der Waals surface area contributed by atoms with Crippen molar-refractivity contribution in [1.29, 1.82) is 0 Å². The molecular formula is C8H6F4O. The molecule has 0 atom stereocenters. The highest BCUT2D eigenvalue weighted by molar-refractivity contribution is 5.38. The average Bonchev–Trinajstić information content (AvgIpc) is 2.13. The van der Waals surface area contributed by atoms with Gasteiger partial charge in [-0.25, -0.2) is 13.2 Å². The molecule has 0 aliphatic rings. The van der Waals surface area contributed by atoms with Gasteiger partial charge in [0.25, 0.3) is 0 Å². The van der Waals surface area contributed by atoms with Gasteiger partial charge in [-0.05, 0) is 13.8 Å². The van der Waals surface area contributed by atoms with Crippen LogP contribution in [0.25, 0.3) is 0 Å². The molecule has 0 radical (unpaired) electrons. The van der Waals surface area contributed by atoms with Crippen LogP contribution in [0.2, 0.25) is 0 Å². The minimum absolute atomic E-state index is 0.466. The van der Waals surface area contributed by atoms with Crippen molar-refractivity contribution in [1.82, 2.24) is 0 Å². The van der Waals surface area contributed by atoms with E-state index in [1.807, 2.05) is 0 Å². The third-order valence-electron chi connectivity index (χ3n) is 1.79. The Labute approximate surface area is 71.8 Å². The largest absolute Gasteiger partial charge is 0.288 e. The lowest BCUT2D eigenvalue weighted by Gasteiger charge is -2.06. The van der Waals surface area contributed by atoms with Crippen LogP contribution >= 0.6 is 0 Å². The van der Waals surface area contributed by atoms with Crippen molar-refractivity contribution in [3.05, 3.63) is 28.6 Å². The molecule has 0 aliphatic carbocycles. The number of hydrogen-bond acceptors (Lipinski definition) is 1. The summed E-state index contributed by atoms with van der Waals surface area (Å²) in [6, 6.07) is 0. The van der Waals surface area contributed by atoms with Crippen LogP contribution in [0.15, 0.2) is 0 Å². The summed E-state index contributed by atoms with van der Waals surface area (Å²) in [7, 11) is 0. The Balaban J connectivity index is 3.56. The van der Waals surface area contributed by atoms with Crippen LogP contribution in [0, 0.1) is 31.3 Å². The van der Waals surface area contributed by atoms with Gasteiger partial charge in [0.05, 0.1) is 0 Å². The molecule has 1 nitrogen and oxygen atoms in total. The number of halogens is 4. The number of benzene rings is 1. The Morgan fingerprint density at radius 1 is 0.846 bits per heavy atom. The van der Waals surface area contributed by atoms with Crippen LogP contribution in [0.5, 0.6) is 5.75 Å². The highest BCUT2D eigenvalue weighted by atomic mass is 19.3. The predicted molar refractivity (Wildman–Crippen MR) is 37.5 cm³/mol. The van der Waals surface area contributed by atoms with Gasteiger partial charge in [-0.2, -0.15) is 0 Å². The molecule has 0 saturated heterocycles. The van der Waals surface area contributed by atoms with Crippen LogP contribution < -0.4 is 4.94 Å². The first-order valence-corrected chi connectivity index (χ1v) is 3.43. The van der Waals surface area contributed by atoms with Crippen molar-refractivity contribution in [2.45, 2.75) is 13.8 Å². The van der Waals surface area contributed by atoms with E-state index in [2.05, 4.69) is 4.94 Å². The first-order chi connectivity index (χ1) is 6.00. The SMILES string of the molecule is Cc1c(F)c(C)c(F)c(OF)c1F. The van der Waals surface area contributed by atoms with E-state index in [9.17, 15) is 17.7 Å². The molecule has 5 heteroatoms. The van der Waals surface area contributed by atoms with Crippen molar-refractivity contribution < 1.29 is 22.6 Å². The van der Waals surface area contributed by atoms with E-state index in [-0.39, 0.29) is 0 Å². The summed E-state index contributed by atoms with van der Waals surface area (Å²) in [5.41, 5.74) is -0.932. The topological polar surface area (TPSA) is 9.23 Å². The van der Waals surface area contributed by atoms with E-state index in [0.717, 1.165) is 13.8 Å². The van der Waals surface area contributed by atoms with Gasteiger partial charge in [-0.3, -0.25) is 4.94 Å². The second-order valence-electron chi connectivity index (χ2n) is 2.60. The van der Waals surface area contributed by atoms with Crippen molar-refractivity contribution in [3.63, 3.8) is 0 Å². The summed E-state index contributed by atoms with van der Waals surface area (Å²) in [5.74, 6) is -4.95. The molecule has 0 aliphatic heterocycles. The first-order valence-electron chi connectivity index (χ1n) is 3.43. The maximum absolute atomic E-state index is 12.9. The second-order valence-corrected chi connectivity index (χ2v) is 2.60. The van der Waals surface area contributed by atoms with Crippen LogP contribution in [0.4, 0.5) is 17.7 Å². The molecule has 1 aromatic carbocycles. The Hall–Kier alpha value is -1.26. The van der Waals surface area contributed by atoms with Crippen molar-refractivity contribution >= 4 is 0 Å². The van der Waals surface area contributed by atoms with Crippen LogP contribution in [-0.2, 0) is 0 Å². The van der Waals surface area contributed by atoms with Gasteiger partial charge in [0.15, 0.2) is 11.6 Å². The Morgan fingerprint density at radius 3 is 1.54 bits per heavy atom. The fourth-order valence-electron chi connectivity index (χ4n) is 0.979. The zero-order chi connectivity index (χ0) is 10.2. The van der Waals surface area contributed by atoms with E-state index >= 15 is 0 Å². The minimum atomic E-state index is -1.36. The summed E-state index contributed by atoms with van der Waals surface area (Å²) in [6.45, 7) is 2.14. The molecule has 0 N–H and O–H groups in total. The molecular weight excluding hydrogens is 188 g/mol. The van der Waals surface area contributed by atoms with Gasteiger partial charge in [0.1, 0.15) is 5.82 Å². The maximum atomic E-state index is 12.9. The van der Waals surface area contributed by atoms with Gasteiger partial charge in [0, 0.05) is 15.7 Å². The molecule has 0 aromatic heterocycles. The Morgan fingerprint density at radius 2 is 1.23 bits per heavy atom. The van der Waals surface area contributed by atoms with Crippen molar-refractivity contribution in [2.24, 2.45) is 0 Å². The summed E-state index contributed by atoms with van der Waals surface area (Å²) in [6.07, 6.45) is 0. The van der Waals surface area contributed by atoms with E-state index < -0.39 is 34.3 Å². The predicted octanol–water partition coefficient (Wildman–Crippen LogP) is 2.98. The number of hydrogen-bond donors (Lipinski definition) is 0. The average molecular weight is 194 g/mol. The highest BCUT2D eigenvalue weighted by Crippen LogP contribution is 2.29. The number of rotatable bonds is 1. The van der Waals surface area contributed by atoms with E-state index in [1.165, 1.54) is 0 Å². The maximum Gasteiger partial charge on any atom is 0.243 e. The lowest BCUT2D eigenvalue weighted by Crippen LogP contribution is -2.00. The molecule has 0 unspecified atom stereocenters. The lowest BCUT2D eigenvalue weighted by molar-refractivity contribution is -0.0157. The van der Waals surface area contributed by atoms with Crippen LogP contribution in [0.1, 0.15) is 11.1 Å². The molecule has 1 aromatic rings. The molecule has 0 spiro atoms. The summed E-state index contributed by atoms with van der Waals surface area (Å²) in [4.78, 5) is 2.98. The van der Waals surface area contributed by atoms with Crippen molar-refractivity contribution in [2.75, 3.05) is 0 Å². The second kappa shape index (κ2) is 3.24. The van der Waals surface area contributed by atoms with Crippen LogP contribution in [-0.4, -0.2) is 0 Å².